The number of unbranched alkanes of at least 4 members (excludes halogenated alkanes) is 1. The van der Waals surface area contributed by atoms with E-state index in [9.17, 15) is 14.4 Å². The van der Waals surface area contributed by atoms with Gasteiger partial charge in [0.2, 0.25) is 5.91 Å². The highest BCUT2D eigenvalue weighted by atomic mass is 16.2. The largest absolute Gasteiger partial charge is 0.356 e. The second-order valence-electron chi connectivity index (χ2n) is 5.15. The van der Waals surface area contributed by atoms with Gasteiger partial charge < -0.3 is 5.32 Å². The van der Waals surface area contributed by atoms with Crippen LogP contribution in [0.25, 0.3) is 0 Å². The zero-order valence-electron chi connectivity index (χ0n) is 13.6. The van der Waals surface area contributed by atoms with E-state index in [2.05, 4.69) is 19.2 Å². The first-order valence-electron chi connectivity index (χ1n) is 7.81. The maximum atomic E-state index is 11.5. The normalized spacial score (nSPS) is 13.5. The SMILES string of the molecule is CC.CC(C)CCCCNC(=O)CCN1C(=O)C=CC1=O. The van der Waals surface area contributed by atoms with Crippen molar-refractivity contribution >= 4 is 17.7 Å². The zero-order valence-corrected chi connectivity index (χ0v) is 13.6. The molecule has 0 saturated carbocycles. The van der Waals surface area contributed by atoms with Crippen molar-refractivity contribution < 1.29 is 14.4 Å². The molecule has 0 saturated heterocycles. The molecule has 3 amide bonds. The average Bonchev–Trinajstić information content (AvgIpc) is 2.77. The Hall–Kier alpha value is -1.65. The van der Waals surface area contributed by atoms with E-state index in [4.69, 9.17) is 0 Å². The maximum Gasteiger partial charge on any atom is 0.253 e. The van der Waals surface area contributed by atoms with Crippen LogP contribution in [0.3, 0.4) is 0 Å². The number of rotatable bonds is 8. The molecular weight excluding hydrogens is 268 g/mol. The summed E-state index contributed by atoms with van der Waals surface area (Å²) < 4.78 is 0. The predicted octanol–water partition coefficient (Wildman–Crippen LogP) is 2.27. The molecule has 1 aliphatic rings. The summed E-state index contributed by atoms with van der Waals surface area (Å²) in [5.74, 6) is -0.100. The third-order valence-corrected chi connectivity index (χ3v) is 2.99. The average molecular weight is 296 g/mol. The Balaban J connectivity index is 0.00000191. The van der Waals surface area contributed by atoms with Crippen molar-refractivity contribution in [1.29, 1.82) is 0 Å². The lowest BCUT2D eigenvalue weighted by molar-refractivity contribution is -0.137. The fraction of sp³-hybridized carbons (Fsp3) is 0.688. The first-order chi connectivity index (χ1) is 10.0. The molecule has 5 heteroatoms. The molecule has 1 rings (SSSR count). The van der Waals surface area contributed by atoms with Gasteiger partial charge in [0.05, 0.1) is 0 Å². The fourth-order valence-electron chi connectivity index (χ4n) is 1.86. The fourth-order valence-corrected chi connectivity index (χ4v) is 1.86. The Labute approximate surface area is 127 Å². The van der Waals surface area contributed by atoms with E-state index < -0.39 is 0 Å². The molecule has 0 aliphatic carbocycles. The molecule has 1 N–H and O–H groups in total. The Morgan fingerprint density at radius 3 is 2.24 bits per heavy atom. The van der Waals surface area contributed by atoms with Gasteiger partial charge in [-0.3, -0.25) is 19.3 Å². The number of nitrogens with one attached hydrogen (secondary N) is 1. The number of nitrogens with zero attached hydrogens (tertiary/aromatic N) is 1. The Morgan fingerprint density at radius 1 is 1.14 bits per heavy atom. The molecule has 0 bridgehead atoms. The lowest BCUT2D eigenvalue weighted by Gasteiger charge is -2.13. The van der Waals surface area contributed by atoms with Crippen LogP contribution in [-0.4, -0.2) is 35.7 Å². The van der Waals surface area contributed by atoms with Gasteiger partial charge >= 0.3 is 0 Å². The Morgan fingerprint density at radius 2 is 1.71 bits per heavy atom. The number of amides is 3. The van der Waals surface area contributed by atoms with Crippen molar-refractivity contribution in [3.8, 4) is 0 Å². The molecule has 0 radical (unpaired) electrons. The lowest BCUT2D eigenvalue weighted by Crippen LogP contribution is -2.34. The van der Waals surface area contributed by atoms with Gasteiger partial charge in [0.1, 0.15) is 0 Å². The molecular formula is C16H28N2O3. The van der Waals surface area contributed by atoms with Gasteiger partial charge in [0.25, 0.3) is 11.8 Å². The summed E-state index contributed by atoms with van der Waals surface area (Å²) in [6.45, 7) is 9.17. The van der Waals surface area contributed by atoms with Crippen LogP contribution in [0.5, 0.6) is 0 Å². The molecule has 21 heavy (non-hydrogen) atoms. The molecule has 0 spiro atoms. The summed E-state index contributed by atoms with van der Waals surface area (Å²) in [4.78, 5) is 35.1. The van der Waals surface area contributed by atoms with Gasteiger partial charge in [0, 0.05) is 31.7 Å². The van der Waals surface area contributed by atoms with E-state index in [-0.39, 0.29) is 30.7 Å². The quantitative estimate of drug-likeness (QED) is 0.552. The topological polar surface area (TPSA) is 66.5 Å². The van der Waals surface area contributed by atoms with Crippen LogP contribution in [0.2, 0.25) is 0 Å². The van der Waals surface area contributed by atoms with Gasteiger partial charge in [-0.15, -0.1) is 0 Å². The van der Waals surface area contributed by atoms with Crippen LogP contribution in [0.1, 0.15) is 53.4 Å². The molecule has 0 fully saturated rings. The highest BCUT2D eigenvalue weighted by Crippen LogP contribution is 2.06. The summed E-state index contributed by atoms with van der Waals surface area (Å²) in [6.07, 6.45) is 5.86. The van der Waals surface area contributed by atoms with E-state index >= 15 is 0 Å². The van der Waals surface area contributed by atoms with Crippen LogP contribution in [0.15, 0.2) is 12.2 Å². The minimum atomic E-state index is -0.338. The molecule has 120 valence electrons. The zero-order chi connectivity index (χ0) is 16.3. The van der Waals surface area contributed by atoms with Crippen molar-refractivity contribution in [2.45, 2.75) is 53.4 Å². The molecule has 0 atom stereocenters. The van der Waals surface area contributed by atoms with E-state index in [1.54, 1.807) is 0 Å². The predicted molar refractivity (Wildman–Crippen MR) is 83.5 cm³/mol. The van der Waals surface area contributed by atoms with Gasteiger partial charge in [-0.05, 0) is 12.3 Å². The molecule has 0 unspecified atom stereocenters. The second-order valence-corrected chi connectivity index (χ2v) is 5.15. The molecule has 1 aliphatic heterocycles. The summed E-state index contributed by atoms with van der Waals surface area (Å²) in [5.41, 5.74) is 0. The van der Waals surface area contributed by atoms with E-state index in [1.807, 2.05) is 13.8 Å². The third kappa shape index (κ3) is 8.27. The summed E-state index contributed by atoms with van der Waals surface area (Å²) in [5, 5.41) is 2.80. The first kappa shape index (κ1) is 19.4. The van der Waals surface area contributed by atoms with Crippen molar-refractivity contribution in [1.82, 2.24) is 10.2 Å². The van der Waals surface area contributed by atoms with E-state index in [0.29, 0.717) is 12.5 Å². The van der Waals surface area contributed by atoms with Crippen LogP contribution in [-0.2, 0) is 14.4 Å². The number of hydrogen-bond acceptors (Lipinski definition) is 3. The summed E-state index contributed by atoms with van der Waals surface area (Å²) in [7, 11) is 0. The Bertz CT molecular complexity index is 358. The monoisotopic (exact) mass is 296 g/mol. The first-order valence-corrected chi connectivity index (χ1v) is 7.81. The lowest BCUT2D eigenvalue weighted by atomic mass is 10.1. The highest BCUT2D eigenvalue weighted by molar-refractivity contribution is 6.13. The summed E-state index contributed by atoms with van der Waals surface area (Å²) >= 11 is 0. The minimum absolute atomic E-state index is 0.114. The number of carbonyl (C=O) groups is 3. The maximum absolute atomic E-state index is 11.5. The summed E-state index contributed by atoms with van der Waals surface area (Å²) in [6, 6.07) is 0. The molecule has 0 aromatic heterocycles. The van der Waals surface area contributed by atoms with Crippen LogP contribution >= 0.6 is 0 Å². The highest BCUT2D eigenvalue weighted by Gasteiger charge is 2.23. The van der Waals surface area contributed by atoms with Crippen LogP contribution in [0.4, 0.5) is 0 Å². The van der Waals surface area contributed by atoms with E-state index in [0.717, 1.165) is 17.7 Å². The van der Waals surface area contributed by atoms with Crippen LogP contribution in [0, 0.1) is 5.92 Å². The third-order valence-electron chi connectivity index (χ3n) is 2.99. The van der Waals surface area contributed by atoms with Gasteiger partial charge in [-0.25, -0.2) is 0 Å². The molecule has 5 nitrogen and oxygen atoms in total. The van der Waals surface area contributed by atoms with Crippen molar-refractivity contribution in [3.05, 3.63) is 12.2 Å². The Kier molecular flexibility index (Phi) is 10.2. The van der Waals surface area contributed by atoms with E-state index in [1.165, 1.54) is 18.6 Å². The standard InChI is InChI=1S/C14H22N2O3.C2H6/c1-11(2)5-3-4-9-15-12(17)8-10-16-13(18)6-7-14(16)19;1-2/h6-7,11H,3-5,8-10H2,1-2H3,(H,15,17);1-2H3. The van der Waals surface area contributed by atoms with Crippen molar-refractivity contribution in [2.75, 3.05) is 13.1 Å². The number of carbonyl (C=O) groups excluding carboxylic acids is 3. The molecule has 1 heterocycles. The molecule has 0 aromatic rings. The van der Waals surface area contributed by atoms with Crippen LogP contribution < -0.4 is 5.32 Å². The second kappa shape index (κ2) is 11.1. The van der Waals surface area contributed by atoms with Gasteiger partial charge in [-0.1, -0.05) is 40.5 Å². The van der Waals surface area contributed by atoms with Gasteiger partial charge in [-0.2, -0.15) is 0 Å². The van der Waals surface area contributed by atoms with Gasteiger partial charge in [0.15, 0.2) is 0 Å². The number of hydrogen-bond donors (Lipinski definition) is 1. The minimum Gasteiger partial charge on any atom is -0.356 e. The van der Waals surface area contributed by atoms with Crippen molar-refractivity contribution in [3.63, 3.8) is 0 Å². The smallest absolute Gasteiger partial charge is 0.253 e. The number of imide groups is 1. The van der Waals surface area contributed by atoms with Crippen molar-refractivity contribution in [2.24, 2.45) is 5.92 Å². The molecule has 0 aromatic carbocycles.